The second-order valence-electron chi connectivity index (χ2n) is 4.37. The molecule has 2 rings (SSSR count). The molecule has 1 atom stereocenters. The number of pyridine rings is 1. The van der Waals surface area contributed by atoms with Crippen molar-refractivity contribution < 1.29 is 4.79 Å². The third kappa shape index (κ3) is 2.30. The van der Waals surface area contributed by atoms with Crippen molar-refractivity contribution in [3.63, 3.8) is 0 Å². The molecular weight excluding hydrogens is 206 g/mol. The first-order valence-electron chi connectivity index (χ1n) is 5.32. The minimum absolute atomic E-state index is 0.218. The summed E-state index contributed by atoms with van der Waals surface area (Å²) in [7, 11) is 0. The Morgan fingerprint density at radius 2 is 2.31 bits per heavy atom. The highest BCUT2D eigenvalue weighted by atomic mass is 16.2. The van der Waals surface area contributed by atoms with Gasteiger partial charge in [-0.15, -0.1) is 0 Å². The Hall–Kier alpha value is -1.62. The summed E-state index contributed by atoms with van der Waals surface area (Å²) in [5.74, 6) is -0.232. The number of carbonyl (C=O) groups is 1. The summed E-state index contributed by atoms with van der Waals surface area (Å²) in [6.45, 7) is 3.66. The summed E-state index contributed by atoms with van der Waals surface area (Å²) in [6, 6.07) is 4.56. The Kier molecular flexibility index (Phi) is 2.78. The Morgan fingerprint density at radius 1 is 1.50 bits per heavy atom. The van der Waals surface area contributed by atoms with Gasteiger partial charge in [-0.1, -0.05) is 6.07 Å². The van der Waals surface area contributed by atoms with Crippen LogP contribution in [-0.4, -0.2) is 29.5 Å². The Balaban J connectivity index is 2.11. The summed E-state index contributed by atoms with van der Waals surface area (Å²) in [4.78, 5) is 25.4. The zero-order valence-corrected chi connectivity index (χ0v) is 9.17. The molecule has 1 amide bonds. The van der Waals surface area contributed by atoms with E-state index in [0.29, 0.717) is 5.69 Å². The van der Waals surface area contributed by atoms with Crippen molar-refractivity contribution in [2.45, 2.75) is 18.9 Å². The zero-order valence-electron chi connectivity index (χ0n) is 9.17. The number of rotatable bonds is 2. The van der Waals surface area contributed by atoms with Crippen LogP contribution in [0.1, 0.15) is 23.8 Å². The van der Waals surface area contributed by atoms with Gasteiger partial charge in [0.25, 0.3) is 5.91 Å². The Bertz CT molecular complexity index is 447. The molecule has 1 aliphatic heterocycles. The summed E-state index contributed by atoms with van der Waals surface area (Å²) in [6.07, 6.45) is 0.899. The quantitative estimate of drug-likeness (QED) is 0.650. The van der Waals surface area contributed by atoms with E-state index in [1.54, 1.807) is 12.1 Å². The van der Waals surface area contributed by atoms with E-state index in [1.165, 1.54) is 6.07 Å². The zero-order chi connectivity index (χ0) is 11.6. The highest BCUT2D eigenvalue weighted by Crippen LogP contribution is 2.13. The van der Waals surface area contributed by atoms with Gasteiger partial charge in [-0.25, -0.2) is 0 Å². The molecule has 1 aromatic heterocycles. The third-order valence-corrected chi connectivity index (χ3v) is 2.80. The van der Waals surface area contributed by atoms with Crippen LogP contribution in [-0.2, 0) is 0 Å². The molecule has 0 saturated carbocycles. The van der Waals surface area contributed by atoms with Crippen LogP contribution in [0.2, 0.25) is 0 Å². The average Bonchev–Trinajstić information content (AvgIpc) is 2.65. The van der Waals surface area contributed by atoms with Gasteiger partial charge < -0.3 is 15.6 Å². The third-order valence-electron chi connectivity index (χ3n) is 2.80. The molecule has 0 radical (unpaired) electrons. The van der Waals surface area contributed by atoms with Crippen LogP contribution in [0.15, 0.2) is 23.0 Å². The largest absolute Gasteiger partial charge is 0.344 e. The molecule has 1 unspecified atom stereocenters. The lowest BCUT2D eigenvalue weighted by atomic mass is 10.0. The van der Waals surface area contributed by atoms with Crippen LogP contribution in [0.5, 0.6) is 0 Å². The fraction of sp³-hybridized carbons (Fsp3) is 0.455. The predicted molar refractivity (Wildman–Crippen MR) is 60.4 cm³/mol. The molecule has 0 aliphatic carbocycles. The smallest absolute Gasteiger partial charge is 0.268 e. The summed E-state index contributed by atoms with van der Waals surface area (Å²) in [5, 5.41) is 6.12. The van der Waals surface area contributed by atoms with Gasteiger partial charge in [0, 0.05) is 12.6 Å². The summed E-state index contributed by atoms with van der Waals surface area (Å²) >= 11 is 0. The van der Waals surface area contributed by atoms with Crippen LogP contribution in [0.4, 0.5) is 0 Å². The molecular formula is C11H15N3O2. The Labute approximate surface area is 93.3 Å². The van der Waals surface area contributed by atoms with Gasteiger partial charge in [-0.2, -0.15) is 0 Å². The number of hydrogen-bond donors (Lipinski definition) is 3. The van der Waals surface area contributed by atoms with Crippen molar-refractivity contribution in [3.8, 4) is 0 Å². The molecule has 86 valence electrons. The SMILES string of the molecule is CC1(NC(=O)c2cccc(=O)[nH]2)CCNC1. The first-order valence-corrected chi connectivity index (χ1v) is 5.32. The molecule has 2 heterocycles. The number of aromatic amines is 1. The van der Waals surface area contributed by atoms with Crippen LogP contribution in [0.25, 0.3) is 0 Å². The minimum Gasteiger partial charge on any atom is -0.344 e. The summed E-state index contributed by atoms with van der Waals surface area (Å²) in [5.41, 5.74) is -0.174. The number of carbonyl (C=O) groups excluding carboxylic acids is 1. The first kappa shape index (κ1) is 10.9. The lowest BCUT2D eigenvalue weighted by Gasteiger charge is -2.24. The van der Waals surface area contributed by atoms with E-state index >= 15 is 0 Å². The molecule has 5 nitrogen and oxygen atoms in total. The number of hydrogen-bond acceptors (Lipinski definition) is 3. The van der Waals surface area contributed by atoms with Crippen molar-refractivity contribution in [1.82, 2.24) is 15.6 Å². The van der Waals surface area contributed by atoms with E-state index < -0.39 is 0 Å². The normalized spacial score (nSPS) is 24.3. The van der Waals surface area contributed by atoms with Crippen molar-refractivity contribution in [2.75, 3.05) is 13.1 Å². The van der Waals surface area contributed by atoms with Crippen LogP contribution in [0.3, 0.4) is 0 Å². The van der Waals surface area contributed by atoms with E-state index in [2.05, 4.69) is 15.6 Å². The first-order chi connectivity index (χ1) is 7.59. The van der Waals surface area contributed by atoms with E-state index in [4.69, 9.17) is 0 Å². The molecule has 1 saturated heterocycles. The monoisotopic (exact) mass is 221 g/mol. The fourth-order valence-electron chi connectivity index (χ4n) is 1.85. The molecule has 5 heteroatoms. The molecule has 0 bridgehead atoms. The lowest BCUT2D eigenvalue weighted by molar-refractivity contribution is 0.0907. The van der Waals surface area contributed by atoms with Gasteiger partial charge in [0.2, 0.25) is 5.56 Å². The second kappa shape index (κ2) is 4.09. The summed E-state index contributed by atoms with van der Waals surface area (Å²) < 4.78 is 0. The molecule has 0 aromatic carbocycles. The van der Waals surface area contributed by atoms with Crippen LogP contribution >= 0.6 is 0 Å². The van der Waals surface area contributed by atoms with Gasteiger partial charge in [0.15, 0.2) is 0 Å². The van der Waals surface area contributed by atoms with Crippen molar-refractivity contribution in [2.24, 2.45) is 0 Å². The number of nitrogens with one attached hydrogen (secondary N) is 3. The maximum absolute atomic E-state index is 11.8. The van der Waals surface area contributed by atoms with Gasteiger partial charge >= 0.3 is 0 Å². The standard InChI is InChI=1S/C11H15N3O2/c1-11(5-6-12-7-11)14-10(16)8-3-2-4-9(15)13-8/h2-4,12H,5-7H2,1H3,(H,13,15)(H,14,16). The molecule has 0 spiro atoms. The maximum atomic E-state index is 11.8. The van der Waals surface area contributed by atoms with Gasteiger partial charge in [-0.3, -0.25) is 9.59 Å². The van der Waals surface area contributed by atoms with E-state index in [-0.39, 0.29) is 17.0 Å². The van der Waals surface area contributed by atoms with Gasteiger partial charge in [-0.05, 0) is 26.0 Å². The molecule has 1 fully saturated rings. The van der Waals surface area contributed by atoms with Crippen LogP contribution < -0.4 is 16.2 Å². The van der Waals surface area contributed by atoms with E-state index in [9.17, 15) is 9.59 Å². The minimum atomic E-state index is -0.262. The lowest BCUT2D eigenvalue weighted by Crippen LogP contribution is -2.47. The highest BCUT2D eigenvalue weighted by molar-refractivity contribution is 5.92. The highest BCUT2D eigenvalue weighted by Gasteiger charge is 2.30. The fourth-order valence-corrected chi connectivity index (χ4v) is 1.85. The Morgan fingerprint density at radius 3 is 2.94 bits per heavy atom. The van der Waals surface area contributed by atoms with Crippen molar-refractivity contribution in [3.05, 3.63) is 34.2 Å². The van der Waals surface area contributed by atoms with Crippen molar-refractivity contribution in [1.29, 1.82) is 0 Å². The number of H-pyrrole nitrogens is 1. The number of aromatic nitrogens is 1. The van der Waals surface area contributed by atoms with Crippen molar-refractivity contribution >= 4 is 5.91 Å². The topological polar surface area (TPSA) is 74.0 Å². The molecule has 1 aromatic rings. The average molecular weight is 221 g/mol. The molecule has 16 heavy (non-hydrogen) atoms. The van der Waals surface area contributed by atoms with Gasteiger partial charge in [0.05, 0.1) is 5.54 Å². The predicted octanol–water partition coefficient (Wildman–Crippen LogP) is -0.143. The molecule has 1 aliphatic rings. The van der Waals surface area contributed by atoms with E-state index in [0.717, 1.165) is 19.5 Å². The van der Waals surface area contributed by atoms with Gasteiger partial charge in [0.1, 0.15) is 5.69 Å². The van der Waals surface area contributed by atoms with Crippen LogP contribution in [0, 0.1) is 0 Å². The maximum Gasteiger partial charge on any atom is 0.268 e. The molecule has 3 N–H and O–H groups in total. The number of amides is 1. The van der Waals surface area contributed by atoms with E-state index in [1.807, 2.05) is 6.92 Å². The second-order valence-corrected chi connectivity index (χ2v) is 4.37.